The van der Waals surface area contributed by atoms with E-state index >= 15 is 0 Å². The third kappa shape index (κ3) is 5.19. The first-order chi connectivity index (χ1) is 11.4. The molecule has 24 heavy (non-hydrogen) atoms. The molecule has 2 N–H and O–H groups in total. The Kier molecular flexibility index (Phi) is 6.60. The Bertz CT molecular complexity index is 524. The summed E-state index contributed by atoms with van der Waals surface area (Å²) in [6.07, 6.45) is -0.611. The van der Waals surface area contributed by atoms with Crippen LogP contribution in [0.2, 0.25) is 0 Å². The van der Waals surface area contributed by atoms with Crippen LogP contribution < -0.4 is 10.1 Å². The molecule has 1 aliphatic rings. The van der Waals surface area contributed by atoms with Crippen LogP contribution in [-0.4, -0.2) is 67.0 Å². The van der Waals surface area contributed by atoms with Crippen LogP contribution in [0.4, 0.5) is 0 Å². The Balaban J connectivity index is 1.93. The number of hydrogen-bond acceptors (Lipinski definition) is 6. The minimum Gasteiger partial charge on any atom is -0.485 e. The topological polar surface area (TPSA) is 71.0 Å². The largest absolute Gasteiger partial charge is 0.485 e. The number of aliphatic hydroxyl groups excluding tert-OH is 1. The van der Waals surface area contributed by atoms with Gasteiger partial charge in [-0.05, 0) is 45.0 Å². The molecule has 6 heteroatoms. The lowest BCUT2D eigenvalue weighted by Crippen LogP contribution is -2.52. The van der Waals surface area contributed by atoms with Gasteiger partial charge in [0.25, 0.3) is 0 Å². The number of benzene rings is 1. The number of aliphatic hydroxyl groups is 1. The van der Waals surface area contributed by atoms with Crippen molar-refractivity contribution in [2.75, 3.05) is 39.3 Å². The first kappa shape index (κ1) is 18.7. The monoisotopic (exact) mass is 336 g/mol. The molecular formula is C18H28N2O4. The molecule has 0 aromatic heterocycles. The third-order valence-electron chi connectivity index (χ3n) is 4.19. The van der Waals surface area contributed by atoms with E-state index in [-0.39, 0.29) is 5.97 Å². The fraction of sp³-hybridized carbons (Fsp3) is 0.611. The summed E-state index contributed by atoms with van der Waals surface area (Å²) in [4.78, 5) is 13.9. The Morgan fingerprint density at radius 2 is 1.92 bits per heavy atom. The molecule has 0 amide bonds. The zero-order chi connectivity index (χ0) is 17.6. The summed E-state index contributed by atoms with van der Waals surface area (Å²) in [5.41, 5.74) is -0.237. The number of carbonyl (C=O) groups excluding carboxylic acids is 1. The zero-order valence-electron chi connectivity index (χ0n) is 14.7. The van der Waals surface area contributed by atoms with E-state index in [1.165, 1.54) is 0 Å². The van der Waals surface area contributed by atoms with Gasteiger partial charge >= 0.3 is 5.97 Å². The molecule has 1 unspecified atom stereocenters. The van der Waals surface area contributed by atoms with Gasteiger partial charge in [-0.2, -0.15) is 0 Å². The van der Waals surface area contributed by atoms with Gasteiger partial charge in [-0.25, -0.2) is 4.79 Å². The Morgan fingerprint density at radius 3 is 2.50 bits per heavy atom. The molecule has 1 fully saturated rings. The molecule has 0 radical (unpaired) electrons. The van der Waals surface area contributed by atoms with Crippen molar-refractivity contribution in [2.24, 2.45) is 0 Å². The molecular weight excluding hydrogens is 308 g/mol. The van der Waals surface area contributed by atoms with Crippen molar-refractivity contribution in [3.63, 3.8) is 0 Å². The van der Waals surface area contributed by atoms with Crippen LogP contribution in [0.25, 0.3) is 0 Å². The van der Waals surface area contributed by atoms with Crippen LogP contribution in [-0.2, 0) is 4.74 Å². The summed E-state index contributed by atoms with van der Waals surface area (Å²) < 4.78 is 10.9. The van der Waals surface area contributed by atoms with Crippen molar-refractivity contribution in [1.29, 1.82) is 0 Å². The number of hydrogen-bond donors (Lipinski definition) is 2. The smallest absolute Gasteiger partial charge is 0.338 e. The number of β-amino-alcohol motifs (C(OH)–C–C–N with tert-alkyl or cyclic N) is 1. The molecule has 1 aromatic carbocycles. The van der Waals surface area contributed by atoms with Crippen LogP contribution in [0.1, 0.15) is 31.1 Å². The Morgan fingerprint density at radius 1 is 1.29 bits per heavy atom. The molecule has 0 spiro atoms. The number of nitrogens with one attached hydrogen (secondary N) is 1. The van der Waals surface area contributed by atoms with Crippen LogP contribution >= 0.6 is 0 Å². The van der Waals surface area contributed by atoms with Crippen molar-refractivity contribution in [3.05, 3.63) is 29.8 Å². The van der Waals surface area contributed by atoms with Gasteiger partial charge in [-0.3, -0.25) is 4.90 Å². The van der Waals surface area contributed by atoms with Gasteiger partial charge in [0, 0.05) is 32.7 Å². The van der Waals surface area contributed by atoms with Crippen molar-refractivity contribution >= 4 is 5.97 Å². The zero-order valence-corrected chi connectivity index (χ0v) is 14.7. The predicted molar refractivity (Wildman–Crippen MR) is 92.4 cm³/mol. The SMILES string of the molecule is CCOC(=O)c1ccc(OC(C)(C)C(O)CN2CCNCC2)cc1. The molecule has 1 saturated heterocycles. The normalized spacial score (nSPS) is 17.3. The van der Waals surface area contributed by atoms with E-state index in [4.69, 9.17) is 9.47 Å². The van der Waals surface area contributed by atoms with Gasteiger partial charge < -0.3 is 19.9 Å². The molecule has 1 aromatic rings. The Labute approximate surface area is 143 Å². The number of carbonyl (C=O) groups is 1. The van der Waals surface area contributed by atoms with Crippen molar-refractivity contribution in [2.45, 2.75) is 32.5 Å². The van der Waals surface area contributed by atoms with E-state index in [9.17, 15) is 9.90 Å². The second-order valence-corrected chi connectivity index (χ2v) is 6.52. The third-order valence-corrected chi connectivity index (χ3v) is 4.19. The fourth-order valence-electron chi connectivity index (χ4n) is 2.60. The lowest BCUT2D eigenvalue weighted by atomic mass is 10.0. The molecule has 0 aliphatic carbocycles. The van der Waals surface area contributed by atoms with E-state index in [1.54, 1.807) is 31.2 Å². The highest BCUT2D eigenvalue weighted by molar-refractivity contribution is 5.89. The lowest BCUT2D eigenvalue weighted by Gasteiger charge is -2.36. The van der Waals surface area contributed by atoms with E-state index in [0.717, 1.165) is 26.2 Å². The van der Waals surface area contributed by atoms with Gasteiger partial charge in [0.05, 0.1) is 12.2 Å². The summed E-state index contributed by atoms with van der Waals surface area (Å²) >= 11 is 0. The van der Waals surface area contributed by atoms with Crippen LogP contribution in [0.15, 0.2) is 24.3 Å². The van der Waals surface area contributed by atoms with E-state index < -0.39 is 11.7 Å². The molecule has 0 bridgehead atoms. The van der Waals surface area contributed by atoms with Gasteiger partial charge in [-0.15, -0.1) is 0 Å². The standard InChI is InChI=1S/C18H28N2O4/c1-4-23-17(22)14-5-7-15(8-6-14)24-18(2,3)16(21)13-20-11-9-19-10-12-20/h5-8,16,19,21H,4,9-13H2,1-3H3. The minimum absolute atomic E-state index is 0.345. The van der Waals surface area contributed by atoms with Crippen molar-refractivity contribution in [3.8, 4) is 5.75 Å². The van der Waals surface area contributed by atoms with Gasteiger partial charge in [0.2, 0.25) is 0 Å². The molecule has 2 rings (SSSR count). The van der Waals surface area contributed by atoms with E-state index in [2.05, 4.69) is 10.2 Å². The van der Waals surface area contributed by atoms with E-state index in [1.807, 2.05) is 13.8 Å². The summed E-state index contributed by atoms with van der Waals surface area (Å²) in [6.45, 7) is 10.2. The number of nitrogens with zero attached hydrogens (tertiary/aromatic N) is 1. The highest BCUT2D eigenvalue weighted by atomic mass is 16.5. The summed E-state index contributed by atoms with van der Waals surface area (Å²) in [5.74, 6) is 0.273. The maximum absolute atomic E-state index is 11.7. The van der Waals surface area contributed by atoms with Gasteiger partial charge in [0.15, 0.2) is 0 Å². The fourth-order valence-corrected chi connectivity index (χ4v) is 2.60. The highest BCUT2D eigenvalue weighted by Gasteiger charge is 2.32. The van der Waals surface area contributed by atoms with Crippen molar-refractivity contribution in [1.82, 2.24) is 10.2 Å². The average Bonchev–Trinajstić information content (AvgIpc) is 2.56. The Hall–Kier alpha value is -1.63. The van der Waals surface area contributed by atoms with Crippen LogP contribution in [0.3, 0.4) is 0 Å². The minimum atomic E-state index is -0.726. The number of esters is 1. The van der Waals surface area contributed by atoms with Crippen molar-refractivity contribution < 1.29 is 19.4 Å². The van der Waals surface area contributed by atoms with Gasteiger partial charge in [0.1, 0.15) is 17.5 Å². The van der Waals surface area contributed by atoms with Gasteiger partial charge in [-0.1, -0.05) is 0 Å². The number of rotatable bonds is 7. The number of piperazine rings is 1. The molecule has 6 nitrogen and oxygen atoms in total. The maximum atomic E-state index is 11.7. The lowest BCUT2D eigenvalue weighted by molar-refractivity contribution is -0.0456. The molecule has 0 saturated carbocycles. The maximum Gasteiger partial charge on any atom is 0.338 e. The molecule has 1 atom stereocenters. The highest BCUT2D eigenvalue weighted by Crippen LogP contribution is 2.22. The molecule has 1 aliphatic heterocycles. The summed E-state index contributed by atoms with van der Waals surface area (Å²) in [6, 6.07) is 6.80. The molecule has 1 heterocycles. The number of ether oxygens (including phenoxy) is 2. The summed E-state index contributed by atoms with van der Waals surface area (Å²) in [5, 5.41) is 13.8. The van der Waals surface area contributed by atoms with Crippen LogP contribution in [0.5, 0.6) is 5.75 Å². The molecule has 134 valence electrons. The van der Waals surface area contributed by atoms with E-state index in [0.29, 0.717) is 24.5 Å². The average molecular weight is 336 g/mol. The predicted octanol–water partition coefficient (Wildman–Crippen LogP) is 1.29. The second-order valence-electron chi connectivity index (χ2n) is 6.52. The quantitative estimate of drug-likeness (QED) is 0.731. The summed E-state index contributed by atoms with van der Waals surface area (Å²) in [7, 11) is 0. The van der Waals surface area contributed by atoms with Crippen LogP contribution in [0, 0.1) is 0 Å². The second kappa shape index (κ2) is 8.46. The first-order valence-electron chi connectivity index (χ1n) is 8.49. The first-order valence-corrected chi connectivity index (χ1v) is 8.49.